The fourth-order valence-corrected chi connectivity index (χ4v) is 9.71. The third-order valence-corrected chi connectivity index (χ3v) is 12.9. The molecule has 0 saturated carbocycles. The quantitative estimate of drug-likeness (QED) is 0.261. The normalized spacial score (nSPS) is 16.6. The third-order valence-electron chi connectivity index (χ3n) is 7.22. The maximum absolute atomic E-state index is 15.1. The number of unbranched alkanes of at least 4 members (excludes halogenated alkanes) is 1. The number of hydrogen-bond donors (Lipinski definition) is 0. The lowest BCUT2D eigenvalue weighted by atomic mass is 9.97. The van der Waals surface area contributed by atoms with Crippen LogP contribution in [-0.4, -0.2) is 59.9 Å². The first-order valence-corrected chi connectivity index (χ1v) is 18.6. The van der Waals surface area contributed by atoms with Gasteiger partial charge < -0.3 is 0 Å². The Labute approximate surface area is 255 Å². The smallest absolute Gasteiger partial charge is 0.256 e. The molecule has 0 N–H and O–H groups in total. The van der Waals surface area contributed by atoms with Crippen molar-refractivity contribution in [2.75, 3.05) is 34.7 Å². The molecule has 1 aliphatic heterocycles. The Balaban J connectivity index is 1.61. The Morgan fingerprint density at radius 1 is 0.884 bits per heavy atom. The first-order valence-electron chi connectivity index (χ1n) is 13.3. The SMILES string of the molecule is C[C@H](c1ccc(F)cc1CCCCS(=O)(=O)N1CCS(=O)(=O)CC1)N(c1cc(F)ccc1F)S(=O)(=O)c1ccc(Cl)cc1. The summed E-state index contributed by atoms with van der Waals surface area (Å²) in [6.45, 7) is 1.25. The molecule has 15 heteroatoms. The monoisotopic (exact) mass is 678 g/mol. The van der Waals surface area contributed by atoms with Crippen LogP contribution in [-0.2, 0) is 36.3 Å². The average molecular weight is 679 g/mol. The van der Waals surface area contributed by atoms with Crippen molar-refractivity contribution in [3.63, 3.8) is 0 Å². The fourth-order valence-electron chi connectivity index (χ4n) is 4.95. The average Bonchev–Trinajstić information content (AvgIpc) is 2.93. The third kappa shape index (κ3) is 7.90. The minimum absolute atomic E-state index is 0.106. The molecule has 0 unspecified atom stereocenters. The summed E-state index contributed by atoms with van der Waals surface area (Å²) in [6, 6.07) is 10.1. The number of sulfonamides is 2. The first-order chi connectivity index (χ1) is 20.1. The first kappa shape index (κ1) is 33.2. The molecule has 0 radical (unpaired) electrons. The molecule has 0 bridgehead atoms. The van der Waals surface area contributed by atoms with Gasteiger partial charge in [-0.2, -0.15) is 4.31 Å². The van der Waals surface area contributed by atoms with Gasteiger partial charge in [0.25, 0.3) is 10.0 Å². The van der Waals surface area contributed by atoms with Crippen molar-refractivity contribution < 1.29 is 38.4 Å². The summed E-state index contributed by atoms with van der Waals surface area (Å²) in [5, 5.41) is 0.267. The summed E-state index contributed by atoms with van der Waals surface area (Å²) in [5.41, 5.74) is 0.126. The highest BCUT2D eigenvalue weighted by Gasteiger charge is 2.34. The van der Waals surface area contributed by atoms with Crippen molar-refractivity contribution in [2.24, 2.45) is 0 Å². The van der Waals surface area contributed by atoms with E-state index in [0.717, 1.165) is 32.9 Å². The minimum atomic E-state index is -4.50. The summed E-state index contributed by atoms with van der Waals surface area (Å²) in [5.74, 6) is -3.20. The molecule has 1 fully saturated rings. The van der Waals surface area contributed by atoms with Crippen LogP contribution >= 0.6 is 11.6 Å². The second-order valence-corrected chi connectivity index (χ2v) is 16.8. The van der Waals surface area contributed by atoms with Gasteiger partial charge in [0.2, 0.25) is 10.0 Å². The molecule has 1 saturated heterocycles. The van der Waals surface area contributed by atoms with Crippen LogP contribution in [0.2, 0.25) is 5.02 Å². The van der Waals surface area contributed by atoms with Gasteiger partial charge in [-0.15, -0.1) is 0 Å². The van der Waals surface area contributed by atoms with Crippen molar-refractivity contribution in [2.45, 2.75) is 37.1 Å². The predicted octanol–water partition coefficient (Wildman–Crippen LogP) is 5.10. The van der Waals surface area contributed by atoms with Crippen molar-refractivity contribution in [1.82, 2.24) is 4.31 Å². The van der Waals surface area contributed by atoms with E-state index >= 15 is 4.39 Å². The standard InChI is InChI=1S/C28H30ClF3N2O6S3/c1-20(34(28-19-24(31)8-12-27(28)32)43(39,40)25-9-5-22(29)6-10-25)26-11-7-23(30)18-21(26)4-2-3-15-42(37,38)33-13-16-41(35,36)17-14-33/h5-12,18-20H,2-4,13-17H2,1H3/t20-/m1/s1. The van der Waals surface area contributed by atoms with E-state index < -0.39 is 59.1 Å². The number of sulfone groups is 1. The van der Waals surface area contributed by atoms with Crippen molar-refractivity contribution in [1.29, 1.82) is 0 Å². The van der Waals surface area contributed by atoms with Crippen LogP contribution in [0.1, 0.15) is 36.9 Å². The van der Waals surface area contributed by atoms with E-state index in [4.69, 9.17) is 11.6 Å². The summed E-state index contributed by atoms with van der Waals surface area (Å²) < 4.78 is 122. The molecule has 3 aromatic rings. The van der Waals surface area contributed by atoms with Gasteiger partial charge in [0.15, 0.2) is 9.84 Å². The largest absolute Gasteiger partial charge is 0.264 e. The van der Waals surface area contributed by atoms with Gasteiger partial charge in [0, 0.05) is 24.2 Å². The maximum Gasteiger partial charge on any atom is 0.264 e. The summed E-state index contributed by atoms with van der Waals surface area (Å²) in [4.78, 5) is -0.230. The number of benzene rings is 3. The maximum atomic E-state index is 15.1. The molecule has 43 heavy (non-hydrogen) atoms. The van der Waals surface area contributed by atoms with E-state index in [1.807, 2.05) is 0 Å². The summed E-state index contributed by atoms with van der Waals surface area (Å²) in [6.07, 6.45) is 0.593. The fraction of sp³-hybridized carbons (Fsp3) is 0.357. The molecular weight excluding hydrogens is 649 g/mol. The Bertz CT molecular complexity index is 1790. The summed E-state index contributed by atoms with van der Waals surface area (Å²) in [7, 11) is -11.5. The van der Waals surface area contributed by atoms with E-state index in [2.05, 4.69) is 0 Å². The molecule has 1 aliphatic rings. The highest BCUT2D eigenvalue weighted by Crippen LogP contribution is 2.37. The number of hydrogen-bond acceptors (Lipinski definition) is 6. The molecule has 0 aliphatic carbocycles. The topological polar surface area (TPSA) is 109 Å². The van der Waals surface area contributed by atoms with Gasteiger partial charge in [0.1, 0.15) is 17.5 Å². The molecule has 0 amide bonds. The Kier molecular flexibility index (Phi) is 10.2. The van der Waals surface area contributed by atoms with E-state index in [1.165, 1.54) is 43.3 Å². The van der Waals surface area contributed by atoms with Crippen LogP contribution in [0.15, 0.2) is 65.6 Å². The molecular formula is C28H30ClF3N2O6S3. The molecule has 234 valence electrons. The molecule has 3 aromatic carbocycles. The molecule has 1 heterocycles. The van der Waals surface area contributed by atoms with Crippen molar-refractivity contribution in [3.05, 3.63) is 94.3 Å². The van der Waals surface area contributed by atoms with Crippen LogP contribution < -0.4 is 4.31 Å². The second-order valence-electron chi connectivity index (χ2n) is 10.2. The number of nitrogens with zero attached hydrogens (tertiary/aromatic N) is 2. The van der Waals surface area contributed by atoms with Crippen LogP contribution in [0.5, 0.6) is 0 Å². The van der Waals surface area contributed by atoms with Crippen molar-refractivity contribution >= 4 is 47.2 Å². The summed E-state index contributed by atoms with van der Waals surface area (Å²) >= 11 is 5.92. The zero-order valence-corrected chi connectivity index (χ0v) is 26.3. The molecule has 0 aromatic heterocycles. The van der Waals surface area contributed by atoms with E-state index in [1.54, 1.807) is 0 Å². The lowest BCUT2D eigenvalue weighted by molar-refractivity contribution is 0.429. The Morgan fingerprint density at radius 3 is 2.14 bits per heavy atom. The Hall–Kier alpha value is -2.65. The van der Waals surface area contributed by atoms with E-state index in [9.17, 15) is 34.0 Å². The lowest BCUT2D eigenvalue weighted by Crippen LogP contribution is -2.44. The van der Waals surface area contributed by atoms with Gasteiger partial charge >= 0.3 is 0 Å². The number of anilines is 1. The van der Waals surface area contributed by atoms with Crippen LogP contribution in [0.4, 0.5) is 18.9 Å². The van der Waals surface area contributed by atoms with Gasteiger partial charge in [-0.3, -0.25) is 4.31 Å². The predicted molar refractivity (Wildman–Crippen MR) is 159 cm³/mol. The van der Waals surface area contributed by atoms with Crippen LogP contribution in [0.25, 0.3) is 0 Å². The molecule has 4 rings (SSSR count). The van der Waals surface area contributed by atoms with Gasteiger partial charge in [-0.25, -0.2) is 38.4 Å². The van der Waals surface area contributed by atoms with Gasteiger partial charge in [-0.1, -0.05) is 17.7 Å². The number of aryl methyl sites for hydroxylation is 1. The van der Waals surface area contributed by atoms with Crippen LogP contribution in [0, 0.1) is 17.5 Å². The molecule has 8 nitrogen and oxygen atoms in total. The Morgan fingerprint density at radius 2 is 1.49 bits per heavy atom. The number of halogens is 4. The lowest BCUT2D eigenvalue weighted by Gasteiger charge is -2.32. The second kappa shape index (κ2) is 13.1. The van der Waals surface area contributed by atoms with Crippen molar-refractivity contribution in [3.8, 4) is 0 Å². The van der Waals surface area contributed by atoms with E-state index in [-0.39, 0.29) is 59.5 Å². The molecule has 0 spiro atoms. The molecule has 1 atom stereocenters. The van der Waals surface area contributed by atoms with Gasteiger partial charge in [-0.05, 0) is 85.8 Å². The highest BCUT2D eigenvalue weighted by atomic mass is 35.5. The van der Waals surface area contributed by atoms with E-state index in [0.29, 0.717) is 11.1 Å². The zero-order valence-electron chi connectivity index (χ0n) is 23.1. The highest BCUT2D eigenvalue weighted by molar-refractivity contribution is 7.93. The van der Waals surface area contributed by atoms with Crippen LogP contribution in [0.3, 0.4) is 0 Å². The minimum Gasteiger partial charge on any atom is -0.256 e. The zero-order chi connectivity index (χ0) is 31.6. The number of rotatable bonds is 11. The van der Waals surface area contributed by atoms with Gasteiger partial charge in [0.05, 0.1) is 33.9 Å².